The average Bonchev–Trinajstić information content (AvgIpc) is 3.25. The van der Waals surface area contributed by atoms with Crippen molar-refractivity contribution in [1.82, 2.24) is 20.3 Å². The zero-order valence-electron chi connectivity index (χ0n) is 19.0. The number of amides is 1. The second-order valence-electron chi connectivity index (χ2n) is 7.13. The Morgan fingerprint density at radius 1 is 0.971 bits per heavy atom. The van der Waals surface area contributed by atoms with Gasteiger partial charge in [0.15, 0.2) is 0 Å². The fourth-order valence-corrected chi connectivity index (χ4v) is 3.07. The number of nitro benzene ring substituents is 1. The first-order valence-corrected chi connectivity index (χ1v) is 10.2. The van der Waals surface area contributed by atoms with E-state index in [0.717, 1.165) is 26.4 Å². The molecule has 0 aliphatic rings. The summed E-state index contributed by atoms with van der Waals surface area (Å²) in [5.74, 6) is -2.66. The highest BCUT2D eigenvalue weighted by Gasteiger charge is 2.27. The maximum atomic E-state index is 12.8. The van der Waals surface area contributed by atoms with Gasteiger partial charge in [0, 0.05) is 24.1 Å². The van der Waals surface area contributed by atoms with Gasteiger partial charge in [-0.25, -0.2) is 9.59 Å². The van der Waals surface area contributed by atoms with Crippen molar-refractivity contribution < 1.29 is 28.8 Å². The number of carbonyl (C=O) groups excluding carboxylic acids is 3. The highest BCUT2D eigenvalue weighted by molar-refractivity contribution is 6.06. The van der Waals surface area contributed by atoms with Crippen LogP contribution in [0.4, 0.5) is 5.69 Å². The summed E-state index contributed by atoms with van der Waals surface area (Å²) in [6.07, 6.45) is -0.198. The lowest BCUT2D eigenvalue weighted by Gasteiger charge is -2.13. The molecule has 12 nitrogen and oxygen atoms in total. The molecule has 35 heavy (non-hydrogen) atoms. The third-order valence-corrected chi connectivity index (χ3v) is 4.91. The van der Waals surface area contributed by atoms with Crippen LogP contribution in [-0.4, -0.2) is 52.0 Å². The van der Waals surface area contributed by atoms with Crippen molar-refractivity contribution in [2.24, 2.45) is 0 Å². The number of nitrogens with zero attached hydrogens (tertiary/aromatic N) is 4. The smallest absolute Gasteiger partial charge is 0.355 e. The summed E-state index contributed by atoms with van der Waals surface area (Å²) in [5, 5.41) is 22.0. The van der Waals surface area contributed by atoms with Crippen molar-refractivity contribution in [3.05, 3.63) is 92.9 Å². The molecule has 1 heterocycles. The van der Waals surface area contributed by atoms with Crippen LogP contribution in [-0.2, 0) is 25.5 Å². The molecule has 0 spiro atoms. The van der Waals surface area contributed by atoms with Crippen LogP contribution in [0.15, 0.2) is 65.9 Å². The maximum absolute atomic E-state index is 12.8. The van der Waals surface area contributed by atoms with E-state index in [0.29, 0.717) is 17.1 Å². The number of ether oxygens (including phenoxy) is 2. The summed E-state index contributed by atoms with van der Waals surface area (Å²) in [4.78, 5) is 49.6. The van der Waals surface area contributed by atoms with Crippen molar-refractivity contribution in [3.8, 4) is 5.69 Å². The largest absolute Gasteiger partial charge is 0.466 e. The number of aryl methyl sites for hydroxylation is 1. The van der Waals surface area contributed by atoms with Crippen LogP contribution >= 0.6 is 0 Å². The summed E-state index contributed by atoms with van der Waals surface area (Å²) in [6.45, 7) is 1.68. The predicted octanol–water partition coefficient (Wildman–Crippen LogP) is 2.06. The Kier molecular flexibility index (Phi) is 7.66. The standard InChI is InChI=1S/C23H21N5O7/c1-14-19(26-27(25-14)16-7-5-4-6-8-16)13-18(22(30)34-2)20(23(31)35-3)24-21(29)15-9-11-17(12-10-15)28(32)33/h4-12H,13H2,1-3H3,(H,24,29)/b20-18+. The van der Waals surface area contributed by atoms with E-state index in [2.05, 4.69) is 15.5 Å². The number of aromatic nitrogens is 3. The third kappa shape index (κ3) is 5.74. The van der Waals surface area contributed by atoms with Crippen molar-refractivity contribution in [2.75, 3.05) is 14.2 Å². The molecule has 0 radical (unpaired) electrons. The Labute approximate surface area is 199 Å². The minimum atomic E-state index is -0.992. The molecule has 1 amide bonds. The molecule has 0 atom stereocenters. The monoisotopic (exact) mass is 479 g/mol. The molecule has 0 saturated carbocycles. The molecule has 0 aliphatic heterocycles. The van der Waals surface area contributed by atoms with Gasteiger partial charge in [-0.1, -0.05) is 18.2 Å². The van der Waals surface area contributed by atoms with Crippen LogP contribution in [0, 0.1) is 17.0 Å². The number of nitrogens with one attached hydrogen (secondary N) is 1. The molecule has 2 aromatic carbocycles. The first kappa shape index (κ1) is 24.8. The Bertz CT molecular complexity index is 1300. The Hall–Kier alpha value is -4.87. The highest BCUT2D eigenvalue weighted by atomic mass is 16.6. The summed E-state index contributed by atoms with van der Waals surface area (Å²) >= 11 is 0. The lowest BCUT2D eigenvalue weighted by molar-refractivity contribution is -0.384. The van der Waals surface area contributed by atoms with Gasteiger partial charge in [0.2, 0.25) is 0 Å². The second-order valence-corrected chi connectivity index (χ2v) is 7.13. The van der Waals surface area contributed by atoms with Crippen molar-refractivity contribution >= 4 is 23.5 Å². The number of hydrogen-bond donors (Lipinski definition) is 1. The van der Waals surface area contributed by atoms with E-state index in [4.69, 9.17) is 9.47 Å². The topological polar surface area (TPSA) is 156 Å². The van der Waals surface area contributed by atoms with Gasteiger partial charge in [0.05, 0.1) is 41.8 Å². The highest BCUT2D eigenvalue weighted by Crippen LogP contribution is 2.18. The van der Waals surface area contributed by atoms with E-state index in [1.165, 1.54) is 16.9 Å². The van der Waals surface area contributed by atoms with E-state index >= 15 is 0 Å². The summed E-state index contributed by atoms with van der Waals surface area (Å²) in [7, 11) is 2.22. The number of hydrogen-bond acceptors (Lipinski definition) is 9. The number of benzene rings is 2. The van der Waals surface area contributed by atoms with Crippen LogP contribution in [0.3, 0.4) is 0 Å². The van der Waals surface area contributed by atoms with Crippen molar-refractivity contribution in [2.45, 2.75) is 13.3 Å². The van der Waals surface area contributed by atoms with Crippen LogP contribution in [0.25, 0.3) is 5.69 Å². The van der Waals surface area contributed by atoms with Crippen LogP contribution in [0.5, 0.6) is 0 Å². The zero-order valence-corrected chi connectivity index (χ0v) is 19.0. The van der Waals surface area contributed by atoms with Gasteiger partial charge in [0.1, 0.15) is 5.70 Å². The van der Waals surface area contributed by atoms with Crippen LogP contribution in [0.1, 0.15) is 21.7 Å². The van der Waals surface area contributed by atoms with Gasteiger partial charge < -0.3 is 14.8 Å². The number of rotatable bonds is 8. The van der Waals surface area contributed by atoms with E-state index in [-0.39, 0.29) is 23.2 Å². The van der Waals surface area contributed by atoms with Crippen LogP contribution in [0.2, 0.25) is 0 Å². The summed E-state index contributed by atoms with van der Waals surface area (Å²) in [5.41, 5.74) is 0.686. The van der Waals surface area contributed by atoms with Gasteiger partial charge in [-0.05, 0) is 31.2 Å². The zero-order chi connectivity index (χ0) is 25.5. The fraction of sp³-hybridized carbons (Fsp3) is 0.174. The molecule has 0 bridgehead atoms. The number of methoxy groups -OCH3 is 2. The van der Waals surface area contributed by atoms with Crippen LogP contribution < -0.4 is 5.32 Å². The van der Waals surface area contributed by atoms with Gasteiger partial charge in [0.25, 0.3) is 11.6 Å². The lowest BCUT2D eigenvalue weighted by atomic mass is 10.1. The Balaban J connectivity index is 1.99. The fourth-order valence-electron chi connectivity index (χ4n) is 3.07. The first-order chi connectivity index (χ1) is 16.7. The molecule has 1 aromatic heterocycles. The van der Waals surface area contributed by atoms with Crippen molar-refractivity contribution in [3.63, 3.8) is 0 Å². The number of non-ortho nitro benzene ring substituents is 1. The molecule has 0 saturated heterocycles. The van der Waals surface area contributed by atoms with Gasteiger partial charge in [-0.2, -0.15) is 15.0 Å². The number of carbonyl (C=O) groups is 3. The molecular formula is C23H21N5O7. The predicted molar refractivity (Wildman–Crippen MR) is 121 cm³/mol. The molecular weight excluding hydrogens is 458 g/mol. The molecule has 0 unspecified atom stereocenters. The summed E-state index contributed by atoms with van der Waals surface area (Å²) in [6, 6.07) is 13.8. The number of nitro groups is 1. The molecule has 3 rings (SSSR count). The van der Waals surface area contributed by atoms with E-state index in [1.54, 1.807) is 19.1 Å². The minimum Gasteiger partial charge on any atom is -0.466 e. The molecule has 0 aliphatic carbocycles. The molecule has 0 fully saturated rings. The normalized spacial score (nSPS) is 11.3. The number of para-hydroxylation sites is 1. The van der Waals surface area contributed by atoms with Gasteiger partial charge in [-0.15, -0.1) is 0 Å². The van der Waals surface area contributed by atoms with E-state index < -0.39 is 28.5 Å². The van der Waals surface area contributed by atoms with E-state index in [9.17, 15) is 24.5 Å². The molecule has 180 valence electrons. The molecule has 3 aromatic rings. The first-order valence-electron chi connectivity index (χ1n) is 10.2. The maximum Gasteiger partial charge on any atom is 0.355 e. The molecule has 12 heteroatoms. The van der Waals surface area contributed by atoms with Crippen molar-refractivity contribution in [1.29, 1.82) is 0 Å². The van der Waals surface area contributed by atoms with Gasteiger partial charge in [-0.3, -0.25) is 14.9 Å². The molecule has 1 N–H and O–H groups in total. The van der Waals surface area contributed by atoms with Gasteiger partial charge >= 0.3 is 11.9 Å². The second kappa shape index (κ2) is 10.8. The average molecular weight is 479 g/mol. The quantitative estimate of drug-likeness (QED) is 0.221. The Morgan fingerprint density at radius 3 is 2.17 bits per heavy atom. The summed E-state index contributed by atoms with van der Waals surface area (Å²) < 4.78 is 9.60. The SMILES string of the molecule is COC(=O)/C(Cc1nn(-c2ccccc2)nc1C)=C(/NC(=O)c1ccc([N+](=O)[O-])cc1)C(=O)OC. The Morgan fingerprint density at radius 2 is 1.60 bits per heavy atom. The lowest BCUT2D eigenvalue weighted by Crippen LogP contribution is -2.32. The third-order valence-electron chi connectivity index (χ3n) is 4.91. The van der Waals surface area contributed by atoms with E-state index in [1.807, 2.05) is 18.2 Å². The number of esters is 2. The minimum absolute atomic E-state index is 0.0208.